The third-order valence-corrected chi connectivity index (χ3v) is 3.22. The van der Waals surface area contributed by atoms with Crippen LogP contribution in [0, 0.1) is 0 Å². The highest BCUT2D eigenvalue weighted by molar-refractivity contribution is 5.90. The zero-order valence-corrected chi connectivity index (χ0v) is 15.4. The zero-order chi connectivity index (χ0) is 20.4. The summed E-state index contributed by atoms with van der Waals surface area (Å²) >= 11 is 0. The lowest BCUT2D eigenvalue weighted by Crippen LogP contribution is -2.28. The Labute approximate surface area is 161 Å². The molecule has 9 nitrogen and oxygen atoms in total. The van der Waals surface area contributed by atoms with Crippen molar-refractivity contribution in [3.05, 3.63) is 59.7 Å². The molecule has 2 rings (SSSR count). The molecule has 9 heteroatoms. The Kier molecular flexibility index (Phi) is 7.41. The molecule has 0 aromatic heterocycles. The van der Waals surface area contributed by atoms with Gasteiger partial charge in [-0.3, -0.25) is 9.59 Å². The van der Waals surface area contributed by atoms with Crippen molar-refractivity contribution >= 4 is 41.6 Å². The molecule has 4 amide bonds. The van der Waals surface area contributed by atoms with Crippen LogP contribution in [0.2, 0.25) is 0 Å². The number of urea groups is 1. The summed E-state index contributed by atoms with van der Waals surface area (Å²) < 4.78 is 0. The van der Waals surface area contributed by atoms with E-state index in [0.29, 0.717) is 11.4 Å². The third-order valence-electron chi connectivity index (χ3n) is 3.22. The maximum Gasteiger partial charge on any atom is 0.355 e. The van der Waals surface area contributed by atoms with E-state index < -0.39 is 6.03 Å². The van der Waals surface area contributed by atoms with E-state index in [1.54, 1.807) is 48.5 Å². The maximum atomic E-state index is 11.6. The van der Waals surface area contributed by atoms with E-state index in [0.717, 1.165) is 11.1 Å². The Bertz CT molecular complexity index is 815. The van der Waals surface area contributed by atoms with Crippen LogP contribution < -0.4 is 21.5 Å². The van der Waals surface area contributed by atoms with Gasteiger partial charge in [0.1, 0.15) is 0 Å². The average molecular weight is 380 g/mol. The summed E-state index contributed by atoms with van der Waals surface area (Å²) in [6, 6.07) is 13.3. The van der Waals surface area contributed by atoms with E-state index in [1.165, 1.54) is 26.3 Å². The predicted molar refractivity (Wildman–Crippen MR) is 108 cm³/mol. The fourth-order valence-corrected chi connectivity index (χ4v) is 2.07. The lowest BCUT2D eigenvalue weighted by atomic mass is 10.2. The molecule has 0 bridgehead atoms. The summed E-state index contributed by atoms with van der Waals surface area (Å²) in [6.07, 6.45) is 2.92. The van der Waals surface area contributed by atoms with Gasteiger partial charge in [-0.25, -0.2) is 15.6 Å². The number of hydrogen-bond donors (Lipinski definition) is 4. The molecule has 2 aromatic rings. The van der Waals surface area contributed by atoms with Gasteiger partial charge >= 0.3 is 6.03 Å². The van der Waals surface area contributed by atoms with Gasteiger partial charge in [0.25, 0.3) is 0 Å². The Morgan fingerprint density at radius 3 is 1.36 bits per heavy atom. The van der Waals surface area contributed by atoms with Crippen LogP contribution in [0.4, 0.5) is 16.2 Å². The quantitative estimate of drug-likeness (QED) is 0.454. The van der Waals surface area contributed by atoms with Gasteiger partial charge in [-0.05, 0) is 35.4 Å². The smallest absolute Gasteiger partial charge is 0.326 e. The largest absolute Gasteiger partial charge is 0.355 e. The summed E-state index contributed by atoms with van der Waals surface area (Å²) in [5.41, 5.74) is 7.41. The Morgan fingerprint density at radius 1 is 0.679 bits per heavy atom. The number of nitrogens with zero attached hydrogens (tertiary/aromatic N) is 2. The molecule has 0 aliphatic heterocycles. The van der Waals surface area contributed by atoms with Crippen LogP contribution in [0.1, 0.15) is 25.0 Å². The minimum Gasteiger partial charge on any atom is -0.326 e. The van der Waals surface area contributed by atoms with Crippen molar-refractivity contribution in [3.8, 4) is 0 Å². The molecule has 2 aromatic carbocycles. The number of nitrogens with one attached hydrogen (secondary N) is 4. The van der Waals surface area contributed by atoms with Crippen molar-refractivity contribution in [2.45, 2.75) is 13.8 Å². The van der Waals surface area contributed by atoms with Crippen molar-refractivity contribution in [2.75, 3.05) is 10.6 Å². The number of rotatable bonds is 6. The lowest BCUT2D eigenvalue weighted by Gasteiger charge is -2.02. The highest BCUT2D eigenvalue weighted by Gasteiger charge is 1.97. The van der Waals surface area contributed by atoms with E-state index >= 15 is 0 Å². The number of carbonyl (C=O) groups is 3. The minimum absolute atomic E-state index is 0.149. The van der Waals surface area contributed by atoms with E-state index in [2.05, 4.69) is 31.7 Å². The van der Waals surface area contributed by atoms with Crippen LogP contribution in [-0.4, -0.2) is 30.3 Å². The van der Waals surface area contributed by atoms with Crippen LogP contribution in [-0.2, 0) is 9.59 Å². The van der Waals surface area contributed by atoms with Crippen LogP contribution in [0.5, 0.6) is 0 Å². The first-order chi connectivity index (χ1) is 13.4. The van der Waals surface area contributed by atoms with Gasteiger partial charge in [-0.15, -0.1) is 0 Å². The molecule has 4 N–H and O–H groups in total. The zero-order valence-electron chi connectivity index (χ0n) is 15.4. The summed E-state index contributed by atoms with van der Waals surface area (Å²) in [4.78, 5) is 33.5. The molecular formula is C19H20N6O3. The van der Waals surface area contributed by atoms with Gasteiger partial charge in [0.05, 0.1) is 12.4 Å². The van der Waals surface area contributed by atoms with Crippen LogP contribution in [0.15, 0.2) is 58.7 Å². The topological polar surface area (TPSA) is 124 Å². The van der Waals surface area contributed by atoms with Gasteiger partial charge < -0.3 is 10.6 Å². The number of hydrogen-bond acceptors (Lipinski definition) is 5. The van der Waals surface area contributed by atoms with Crippen molar-refractivity contribution in [1.82, 2.24) is 10.9 Å². The lowest BCUT2D eigenvalue weighted by molar-refractivity contribution is -0.115. The molecule has 0 saturated carbocycles. The summed E-state index contributed by atoms with van der Waals surface area (Å²) in [5, 5.41) is 12.9. The second-order valence-electron chi connectivity index (χ2n) is 5.68. The Hall–Kier alpha value is -4.01. The number of anilines is 2. The molecule has 0 aliphatic carbocycles. The number of amides is 4. The molecule has 0 atom stereocenters. The first-order valence-electron chi connectivity index (χ1n) is 8.30. The first-order valence-corrected chi connectivity index (χ1v) is 8.30. The van der Waals surface area contributed by atoms with Crippen molar-refractivity contribution in [1.29, 1.82) is 0 Å². The molecule has 28 heavy (non-hydrogen) atoms. The van der Waals surface area contributed by atoms with Gasteiger partial charge in [-0.2, -0.15) is 10.2 Å². The van der Waals surface area contributed by atoms with Gasteiger partial charge in [0.2, 0.25) is 11.8 Å². The molecule has 0 aliphatic rings. The van der Waals surface area contributed by atoms with Crippen molar-refractivity contribution in [2.24, 2.45) is 10.2 Å². The molecular weight excluding hydrogens is 360 g/mol. The molecule has 0 spiro atoms. The summed E-state index contributed by atoms with van der Waals surface area (Å²) in [5.74, 6) is -0.298. The maximum absolute atomic E-state index is 11.6. The van der Waals surface area contributed by atoms with E-state index in [-0.39, 0.29) is 11.8 Å². The van der Waals surface area contributed by atoms with Gasteiger partial charge in [0, 0.05) is 25.2 Å². The van der Waals surface area contributed by atoms with E-state index in [1.807, 2.05) is 0 Å². The predicted octanol–water partition coefficient (Wildman–Crippen LogP) is 2.27. The van der Waals surface area contributed by atoms with Crippen molar-refractivity contribution in [3.63, 3.8) is 0 Å². The number of hydrazone groups is 2. The fraction of sp³-hybridized carbons (Fsp3) is 0.105. The second kappa shape index (κ2) is 10.2. The Morgan fingerprint density at radius 2 is 1.04 bits per heavy atom. The number of carbonyl (C=O) groups excluding carboxylic acids is 3. The fourth-order valence-electron chi connectivity index (χ4n) is 2.07. The van der Waals surface area contributed by atoms with Crippen LogP contribution in [0.3, 0.4) is 0 Å². The van der Waals surface area contributed by atoms with Gasteiger partial charge in [-0.1, -0.05) is 24.3 Å². The second-order valence-corrected chi connectivity index (χ2v) is 5.68. The van der Waals surface area contributed by atoms with Crippen LogP contribution in [0.25, 0.3) is 0 Å². The highest BCUT2D eigenvalue weighted by Crippen LogP contribution is 2.08. The SMILES string of the molecule is CC(=O)Nc1ccc(C=NNC(=O)N/N=C\c2ccc(NC(C)=O)cc2)cc1. The van der Waals surface area contributed by atoms with E-state index in [9.17, 15) is 14.4 Å². The molecule has 0 radical (unpaired) electrons. The normalized spacial score (nSPS) is 10.6. The highest BCUT2D eigenvalue weighted by atomic mass is 16.2. The monoisotopic (exact) mass is 380 g/mol. The van der Waals surface area contributed by atoms with Crippen molar-refractivity contribution < 1.29 is 14.4 Å². The standard InChI is InChI=1S/C19H20N6O3/c1-13(26)22-17-7-3-15(4-8-17)11-20-24-19(28)25-21-12-16-5-9-18(10-6-16)23-14(2)27/h3-12H,1-2H3,(H,22,26)(H,23,27)(H2,24,25,28)/b20-11-,21-12?. The summed E-state index contributed by atoms with van der Waals surface area (Å²) in [6.45, 7) is 2.86. The molecule has 0 saturated heterocycles. The van der Waals surface area contributed by atoms with Crippen LogP contribution >= 0.6 is 0 Å². The van der Waals surface area contributed by atoms with E-state index in [4.69, 9.17) is 0 Å². The molecule has 144 valence electrons. The number of benzene rings is 2. The third kappa shape index (κ3) is 7.48. The Balaban J connectivity index is 1.77. The minimum atomic E-state index is -0.600. The summed E-state index contributed by atoms with van der Waals surface area (Å²) in [7, 11) is 0. The molecule has 0 fully saturated rings. The molecule has 0 heterocycles. The average Bonchev–Trinajstić information content (AvgIpc) is 2.64. The molecule has 0 unspecified atom stereocenters. The van der Waals surface area contributed by atoms with Gasteiger partial charge in [0.15, 0.2) is 0 Å². The first kappa shape index (κ1) is 20.3.